The molecule has 1 aromatic carbocycles. The van der Waals surface area contributed by atoms with Crippen molar-refractivity contribution in [3.8, 4) is 0 Å². The van der Waals surface area contributed by atoms with Gasteiger partial charge in [-0.3, -0.25) is 4.79 Å². The summed E-state index contributed by atoms with van der Waals surface area (Å²) in [6, 6.07) is 11.7. The first-order valence-corrected chi connectivity index (χ1v) is 6.39. The lowest BCUT2D eigenvalue weighted by molar-refractivity contribution is -0.119. The molecule has 0 radical (unpaired) electrons. The molecule has 5 nitrogen and oxygen atoms in total. The number of para-hydroxylation sites is 1. The molecule has 104 valence electrons. The van der Waals surface area contributed by atoms with Crippen LogP contribution in [0.3, 0.4) is 0 Å². The van der Waals surface area contributed by atoms with E-state index in [1.54, 1.807) is 6.21 Å². The first-order chi connectivity index (χ1) is 9.66. The molecule has 0 bridgehead atoms. The SMILES string of the molecule is Cc1ccccc1NCC(=O)N/N=C/c1cccn1C. The molecule has 0 aliphatic rings. The minimum absolute atomic E-state index is 0.182. The minimum Gasteiger partial charge on any atom is -0.376 e. The van der Waals surface area contributed by atoms with Gasteiger partial charge in [0.15, 0.2) is 0 Å². The lowest BCUT2D eigenvalue weighted by Crippen LogP contribution is -2.26. The highest BCUT2D eigenvalue weighted by atomic mass is 16.2. The van der Waals surface area contributed by atoms with Gasteiger partial charge in [0, 0.05) is 18.9 Å². The summed E-state index contributed by atoms with van der Waals surface area (Å²) in [5, 5.41) is 7.00. The second-order valence-electron chi connectivity index (χ2n) is 4.51. The van der Waals surface area contributed by atoms with E-state index in [-0.39, 0.29) is 12.5 Å². The molecule has 1 amide bonds. The summed E-state index contributed by atoms with van der Waals surface area (Å²) in [5.41, 5.74) is 5.48. The molecule has 0 spiro atoms. The standard InChI is InChI=1S/C15H18N4O/c1-12-6-3-4-8-14(12)16-11-15(20)18-17-10-13-7-5-9-19(13)2/h3-10,16H,11H2,1-2H3,(H,18,20)/b17-10+. The van der Waals surface area contributed by atoms with Crippen molar-refractivity contribution in [1.29, 1.82) is 0 Å². The average molecular weight is 270 g/mol. The van der Waals surface area contributed by atoms with Crippen molar-refractivity contribution in [3.63, 3.8) is 0 Å². The van der Waals surface area contributed by atoms with Crippen molar-refractivity contribution in [2.45, 2.75) is 6.92 Å². The van der Waals surface area contributed by atoms with E-state index in [1.807, 2.05) is 61.1 Å². The molecule has 1 heterocycles. The summed E-state index contributed by atoms with van der Waals surface area (Å²) < 4.78 is 1.92. The number of carbonyl (C=O) groups excluding carboxylic acids is 1. The van der Waals surface area contributed by atoms with Gasteiger partial charge in [0.2, 0.25) is 0 Å². The Morgan fingerprint density at radius 2 is 2.10 bits per heavy atom. The molecule has 1 aromatic heterocycles. The quantitative estimate of drug-likeness (QED) is 0.644. The average Bonchev–Trinajstić information content (AvgIpc) is 2.84. The van der Waals surface area contributed by atoms with Crippen LogP contribution in [0.25, 0.3) is 0 Å². The van der Waals surface area contributed by atoms with Crippen LogP contribution in [0.5, 0.6) is 0 Å². The van der Waals surface area contributed by atoms with E-state index in [1.165, 1.54) is 0 Å². The molecule has 0 aliphatic heterocycles. The van der Waals surface area contributed by atoms with E-state index >= 15 is 0 Å². The van der Waals surface area contributed by atoms with Crippen LogP contribution in [-0.2, 0) is 11.8 Å². The number of anilines is 1. The monoisotopic (exact) mass is 270 g/mol. The topological polar surface area (TPSA) is 58.4 Å². The minimum atomic E-state index is -0.182. The van der Waals surface area contributed by atoms with Gasteiger partial charge >= 0.3 is 0 Å². The number of rotatable bonds is 5. The van der Waals surface area contributed by atoms with E-state index in [0.29, 0.717) is 0 Å². The Morgan fingerprint density at radius 3 is 2.80 bits per heavy atom. The molecule has 2 N–H and O–H groups in total. The number of nitrogens with zero attached hydrogens (tertiary/aromatic N) is 2. The molecule has 5 heteroatoms. The highest BCUT2D eigenvalue weighted by Gasteiger charge is 2.01. The maximum atomic E-state index is 11.6. The van der Waals surface area contributed by atoms with Crippen molar-refractivity contribution >= 4 is 17.8 Å². The van der Waals surface area contributed by atoms with Crippen LogP contribution in [0, 0.1) is 6.92 Å². The summed E-state index contributed by atoms with van der Waals surface area (Å²) >= 11 is 0. The molecule has 2 rings (SSSR count). The summed E-state index contributed by atoms with van der Waals surface area (Å²) in [6.45, 7) is 2.18. The number of hydrogen-bond acceptors (Lipinski definition) is 3. The molecule has 0 unspecified atom stereocenters. The molecule has 2 aromatic rings. The Hall–Kier alpha value is -2.56. The predicted octanol–water partition coefficient (Wildman–Crippen LogP) is 1.90. The number of amides is 1. The summed E-state index contributed by atoms with van der Waals surface area (Å²) in [7, 11) is 1.92. The number of aryl methyl sites for hydroxylation is 2. The van der Waals surface area contributed by atoms with Crippen molar-refractivity contribution in [1.82, 2.24) is 9.99 Å². The fourth-order valence-electron chi connectivity index (χ4n) is 1.77. The molecular formula is C15H18N4O. The van der Waals surface area contributed by atoms with E-state index in [4.69, 9.17) is 0 Å². The Bertz CT molecular complexity index is 616. The second kappa shape index (κ2) is 6.56. The van der Waals surface area contributed by atoms with Crippen LogP contribution >= 0.6 is 0 Å². The lowest BCUT2D eigenvalue weighted by Gasteiger charge is -2.07. The number of nitrogens with one attached hydrogen (secondary N) is 2. The van der Waals surface area contributed by atoms with Crippen LogP contribution in [0.4, 0.5) is 5.69 Å². The van der Waals surface area contributed by atoms with Crippen LogP contribution in [0.15, 0.2) is 47.7 Å². The van der Waals surface area contributed by atoms with Gasteiger partial charge in [0.1, 0.15) is 0 Å². The van der Waals surface area contributed by atoms with E-state index in [2.05, 4.69) is 15.8 Å². The molecule has 0 saturated heterocycles. The summed E-state index contributed by atoms with van der Waals surface area (Å²) in [6.07, 6.45) is 3.54. The normalized spacial score (nSPS) is 10.7. The zero-order chi connectivity index (χ0) is 14.4. The predicted molar refractivity (Wildman–Crippen MR) is 80.8 cm³/mol. The first-order valence-electron chi connectivity index (χ1n) is 6.39. The van der Waals surface area contributed by atoms with Crippen LogP contribution in [0.1, 0.15) is 11.3 Å². The number of hydrazone groups is 1. The van der Waals surface area contributed by atoms with Gasteiger partial charge in [-0.2, -0.15) is 5.10 Å². The highest BCUT2D eigenvalue weighted by Crippen LogP contribution is 2.12. The van der Waals surface area contributed by atoms with Crippen molar-refractivity contribution < 1.29 is 4.79 Å². The Balaban J connectivity index is 1.80. The molecule has 0 atom stereocenters. The maximum Gasteiger partial charge on any atom is 0.259 e. The van der Waals surface area contributed by atoms with Gasteiger partial charge in [-0.15, -0.1) is 0 Å². The number of carbonyl (C=O) groups is 1. The molecule has 20 heavy (non-hydrogen) atoms. The first kappa shape index (κ1) is 13.9. The van der Waals surface area contributed by atoms with Crippen molar-refractivity contribution in [3.05, 3.63) is 53.9 Å². The largest absolute Gasteiger partial charge is 0.376 e. The number of aromatic nitrogens is 1. The van der Waals surface area contributed by atoms with Gasteiger partial charge in [-0.05, 0) is 30.7 Å². The van der Waals surface area contributed by atoms with Crippen LogP contribution in [-0.4, -0.2) is 23.2 Å². The summed E-state index contributed by atoms with van der Waals surface area (Å²) in [4.78, 5) is 11.6. The Labute approximate surface area is 118 Å². The van der Waals surface area contributed by atoms with Gasteiger partial charge < -0.3 is 9.88 Å². The third-order valence-corrected chi connectivity index (χ3v) is 2.95. The Kier molecular flexibility index (Phi) is 4.55. The fourth-order valence-corrected chi connectivity index (χ4v) is 1.77. The van der Waals surface area contributed by atoms with Gasteiger partial charge in [0.05, 0.1) is 18.5 Å². The van der Waals surface area contributed by atoms with E-state index in [9.17, 15) is 4.79 Å². The molecular weight excluding hydrogens is 252 g/mol. The van der Waals surface area contributed by atoms with E-state index < -0.39 is 0 Å². The van der Waals surface area contributed by atoms with Gasteiger partial charge in [-0.25, -0.2) is 5.43 Å². The zero-order valence-electron chi connectivity index (χ0n) is 11.6. The molecule has 0 aliphatic carbocycles. The van der Waals surface area contributed by atoms with E-state index in [0.717, 1.165) is 16.9 Å². The van der Waals surface area contributed by atoms with Gasteiger partial charge in [0.25, 0.3) is 5.91 Å². The summed E-state index contributed by atoms with van der Waals surface area (Å²) in [5.74, 6) is -0.182. The second-order valence-corrected chi connectivity index (χ2v) is 4.51. The zero-order valence-corrected chi connectivity index (χ0v) is 11.6. The lowest BCUT2D eigenvalue weighted by atomic mass is 10.2. The third-order valence-electron chi connectivity index (χ3n) is 2.95. The third kappa shape index (κ3) is 3.71. The van der Waals surface area contributed by atoms with Crippen LogP contribution in [0.2, 0.25) is 0 Å². The number of benzene rings is 1. The van der Waals surface area contributed by atoms with Crippen molar-refractivity contribution in [2.24, 2.45) is 12.1 Å². The van der Waals surface area contributed by atoms with Crippen LogP contribution < -0.4 is 10.7 Å². The maximum absolute atomic E-state index is 11.6. The smallest absolute Gasteiger partial charge is 0.259 e. The molecule has 0 saturated carbocycles. The van der Waals surface area contributed by atoms with Crippen molar-refractivity contribution in [2.75, 3.05) is 11.9 Å². The Morgan fingerprint density at radius 1 is 1.30 bits per heavy atom. The highest BCUT2D eigenvalue weighted by molar-refractivity contribution is 5.83. The number of hydrogen-bond donors (Lipinski definition) is 2. The molecule has 0 fully saturated rings. The fraction of sp³-hybridized carbons (Fsp3) is 0.200. The van der Waals surface area contributed by atoms with Gasteiger partial charge in [-0.1, -0.05) is 18.2 Å².